The molecule has 0 amide bonds. The molecule has 24 heavy (non-hydrogen) atoms. The first kappa shape index (κ1) is 15.9. The van der Waals surface area contributed by atoms with Crippen LogP contribution in [0.3, 0.4) is 0 Å². The van der Waals surface area contributed by atoms with Crippen LogP contribution in [0.25, 0.3) is 5.57 Å². The highest BCUT2D eigenvalue weighted by atomic mass is 16.5. The molecule has 4 aliphatic heterocycles. The highest BCUT2D eigenvalue weighted by Gasteiger charge is 2.49. The summed E-state index contributed by atoms with van der Waals surface area (Å²) in [4.78, 5) is 14.8. The maximum Gasteiger partial charge on any atom is 0.493 e. The molecule has 5 heteroatoms. The fourth-order valence-electron chi connectivity index (χ4n) is 4.66. The Bertz CT molecular complexity index is 722. The number of allylic oxidation sites excluding steroid dienone is 1. The van der Waals surface area contributed by atoms with Gasteiger partial charge >= 0.3 is 14.0 Å². The third-order valence-electron chi connectivity index (χ3n) is 5.69. The molecule has 0 saturated carbocycles. The molecule has 1 aromatic carbocycles. The van der Waals surface area contributed by atoms with Gasteiger partial charge in [-0.25, -0.2) is 4.79 Å². The van der Waals surface area contributed by atoms with E-state index in [4.69, 9.17) is 12.7 Å². The third kappa shape index (κ3) is 2.33. The molecule has 4 heterocycles. The fourth-order valence-corrected chi connectivity index (χ4v) is 4.66. The van der Waals surface area contributed by atoms with Crippen LogP contribution in [-0.2, 0) is 9.53 Å². The average molecular weight is 323 g/mol. The summed E-state index contributed by atoms with van der Waals surface area (Å²) in [6.07, 6.45) is 2.26. The second kappa shape index (κ2) is 5.75. The van der Waals surface area contributed by atoms with Gasteiger partial charge in [0.25, 0.3) is 0 Å². The number of carbonyl (C=O) groups excluding carboxylic acids is 1. The zero-order valence-corrected chi connectivity index (χ0v) is 14.5. The number of ether oxygens (including phenoxy) is 1. The molecule has 1 fully saturated rings. The molecular weight excluding hydrogens is 299 g/mol. The van der Waals surface area contributed by atoms with Crippen molar-refractivity contribution in [3.05, 3.63) is 35.0 Å². The van der Waals surface area contributed by atoms with Crippen molar-refractivity contribution in [1.29, 1.82) is 0 Å². The van der Waals surface area contributed by atoms with E-state index in [-0.39, 0.29) is 16.9 Å². The van der Waals surface area contributed by atoms with Gasteiger partial charge in [0.2, 0.25) is 0 Å². The zero-order valence-electron chi connectivity index (χ0n) is 14.5. The van der Waals surface area contributed by atoms with E-state index in [1.807, 2.05) is 6.92 Å². The Balaban J connectivity index is 1.85. The number of nitrogens with zero attached hydrogens (tertiary/aromatic N) is 2. The van der Waals surface area contributed by atoms with Crippen LogP contribution in [0.1, 0.15) is 30.9 Å². The van der Waals surface area contributed by atoms with E-state index in [0.717, 1.165) is 38.2 Å². The van der Waals surface area contributed by atoms with Gasteiger partial charge in [0.05, 0.1) is 6.61 Å². The molecule has 1 aromatic rings. The molecule has 1 unspecified atom stereocenters. The van der Waals surface area contributed by atoms with Crippen LogP contribution in [0.5, 0.6) is 0 Å². The van der Waals surface area contributed by atoms with Crippen LogP contribution >= 0.6 is 0 Å². The van der Waals surface area contributed by atoms with Crippen LogP contribution in [0.4, 0.5) is 5.69 Å². The van der Waals surface area contributed by atoms with Crippen molar-refractivity contribution in [3.63, 3.8) is 0 Å². The van der Waals surface area contributed by atoms with Crippen molar-refractivity contribution >= 4 is 25.2 Å². The monoisotopic (exact) mass is 323 g/mol. The van der Waals surface area contributed by atoms with E-state index in [1.54, 1.807) is 0 Å². The number of rotatable bonds is 3. The van der Waals surface area contributed by atoms with Crippen LogP contribution in [-0.4, -0.2) is 51.6 Å². The highest BCUT2D eigenvalue weighted by molar-refractivity contribution is 6.20. The molecule has 4 nitrogen and oxygen atoms in total. The largest absolute Gasteiger partial charge is 0.493 e. The molecule has 2 radical (unpaired) electrons. The van der Waals surface area contributed by atoms with Gasteiger partial charge in [0.1, 0.15) is 11.4 Å². The van der Waals surface area contributed by atoms with Gasteiger partial charge in [0, 0.05) is 23.6 Å². The van der Waals surface area contributed by atoms with Crippen molar-refractivity contribution in [3.8, 4) is 0 Å². The Kier molecular flexibility index (Phi) is 3.81. The summed E-state index contributed by atoms with van der Waals surface area (Å²) in [7, 11) is 6.92. The normalized spacial score (nSPS) is 30.8. The molecule has 1 atom stereocenters. The van der Waals surface area contributed by atoms with Crippen LogP contribution in [0.15, 0.2) is 23.9 Å². The molecule has 0 spiro atoms. The van der Waals surface area contributed by atoms with Crippen LogP contribution < -0.4 is 4.39 Å². The van der Waals surface area contributed by atoms with Gasteiger partial charge < -0.3 is 9.13 Å². The first-order chi connectivity index (χ1) is 11.5. The number of fused-ring (bicyclic) bond motifs is 3. The number of hydrogen-bond acceptors (Lipinski definition) is 3. The molecule has 124 valence electrons. The van der Waals surface area contributed by atoms with E-state index < -0.39 is 0 Å². The lowest BCUT2D eigenvalue weighted by molar-refractivity contribution is -0.142. The van der Waals surface area contributed by atoms with E-state index in [9.17, 15) is 4.79 Å². The predicted molar refractivity (Wildman–Crippen MR) is 96.3 cm³/mol. The Morgan fingerprint density at radius 1 is 1.38 bits per heavy atom. The van der Waals surface area contributed by atoms with Gasteiger partial charge in [0.15, 0.2) is 6.54 Å². The first-order valence-electron chi connectivity index (χ1n) is 8.92. The van der Waals surface area contributed by atoms with Crippen molar-refractivity contribution in [2.24, 2.45) is 5.92 Å². The molecule has 0 aromatic heterocycles. The smallest absolute Gasteiger partial charge is 0.462 e. The molecule has 1 saturated heterocycles. The summed E-state index contributed by atoms with van der Waals surface area (Å²) >= 11 is 0. The van der Waals surface area contributed by atoms with Gasteiger partial charge in [-0.1, -0.05) is 11.6 Å². The Hall–Kier alpha value is -1.59. The molecular formula is C19H24BN2O2+. The Morgan fingerprint density at radius 2 is 2.12 bits per heavy atom. The Labute approximate surface area is 145 Å². The Morgan fingerprint density at radius 3 is 2.83 bits per heavy atom. The standard InChI is InChI=1S/C19H24BN2O2/c1-3-24-18(23)12-22(20)17-5-4-13(2)10-15(17)16-11-21-8-6-14(7-9-21)19(16)22/h4-5,10,14H,3,6-9,11-12H2,1-2H3/q+1. The zero-order chi connectivity index (χ0) is 16.9. The van der Waals surface area contributed by atoms with Gasteiger partial charge in [-0.2, -0.15) is 0 Å². The summed E-state index contributed by atoms with van der Waals surface area (Å²) in [5.41, 5.74) is 6.11. The maximum absolute atomic E-state index is 12.3. The number of benzene rings is 1. The summed E-state index contributed by atoms with van der Waals surface area (Å²) < 4.78 is 5.34. The topological polar surface area (TPSA) is 29.5 Å². The van der Waals surface area contributed by atoms with Crippen molar-refractivity contribution < 1.29 is 9.53 Å². The predicted octanol–water partition coefficient (Wildman–Crippen LogP) is 2.40. The number of aryl methyl sites for hydroxylation is 1. The average Bonchev–Trinajstić information content (AvgIpc) is 2.73. The van der Waals surface area contributed by atoms with Crippen molar-refractivity contribution in [1.82, 2.24) is 9.29 Å². The first-order valence-corrected chi connectivity index (χ1v) is 8.92. The van der Waals surface area contributed by atoms with E-state index >= 15 is 0 Å². The second-order valence-electron chi connectivity index (χ2n) is 7.27. The SMILES string of the molecule is [B][N+]1(CC(=O)OCC)C2=C(CN3CCC2CC3)c2cc(C)ccc21. The van der Waals surface area contributed by atoms with E-state index in [0.29, 0.717) is 12.5 Å². The van der Waals surface area contributed by atoms with E-state index in [1.165, 1.54) is 22.4 Å². The molecule has 0 N–H and O–H groups in total. The fraction of sp³-hybridized carbons (Fsp3) is 0.526. The minimum absolute atomic E-state index is 0.113. The van der Waals surface area contributed by atoms with Gasteiger partial charge in [-0.05, 0) is 51.9 Å². The van der Waals surface area contributed by atoms with Crippen LogP contribution in [0.2, 0.25) is 0 Å². The number of esters is 1. The molecule has 4 aliphatic rings. The lowest BCUT2D eigenvalue weighted by atomic mass is 9.90. The summed E-state index contributed by atoms with van der Waals surface area (Å²) in [5, 5.41) is 0. The highest BCUT2D eigenvalue weighted by Crippen LogP contribution is 2.50. The van der Waals surface area contributed by atoms with Crippen LogP contribution in [0, 0.1) is 12.8 Å². The van der Waals surface area contributed by atoms with Crippen molar-refractivity contribution in [2.45, 2.75) is 26.7 Å². The lowest BCUT2D eigenvalue weighted by Crippen LogP contribution is -2.51. The minimum atomic E-state index is -0.223. The lowest BCUT2D eigenvalue weighted by Gasteiger charge is -2.37. The number of hydrogen-bond donors (Lipinski definition) is 0. The maximum atomic E-state index is 12.3. The third-order valence-corrected chi connectivity index (χ3v) is 5.69. The number of piperidine rings is 1. The minimum Gasteiger partial charge on any atom is -0.462 e. The molecule has 0 aliphatic carbocycles. The van der Waals surface area contributed by atoms with Gasteiger partial charge in [-0.15, -0.1) is 0 Å². The second-order valence-corrected chi connectivity index (χ2v) is 7.27. The quantitative estimate of drug-likeness (QED) is 0.632. The summed E-state index contributed by atoms with van der Waals surface area (Å²) in [6.45, 7) is 7.72. The van der Waals surface area contributed by atoms with Crippen molar-refractivity contribution in [2.75, 3.05) is 32.8 Å². The summed E-state index contributed by atoms with van der Waals surface area (Å²) in [5.74, 6) is 0.241. The molecule has 2 bridgehead atoms. The number of carbonyl (C=O) groups is 1. The summed E-state index contributed by atoms with van der Waals surface area (Å²) in [6, 6.07) is 6.42. The van der Waals surface area contributed by atoms with Gasteiger partial charge in [-0.3, -0.25) is 4.90 Å². The number of quaternary nitrogens is 1. The molecule has 5 rings (SSSR count). The van der Waals surface area contributed by atoms with E-state index in [2.05, 4.69) is 30.0 Å².